The van der Waals surface area contributed by atoms with Gasteiger partial charge >= 0.3 is 0 Å². The fourth-order valence-electron chi connectivity index (χ4n) is 2.29. The summed E-state index contributed by atoms with van der Waals surface area (Å²) in [4.78, 5) is 10.8. The van der Waals surface area contributed by atoms with Crippen LogP contribution in [0.15, 0.2) is 30.3 Å². The maximum atomic E-state index is 10.8. The number of carbonyl (C=O) groups is 1. The fourth-order valence-corrected chi connectivity index (χ4v) is 2.29. The molecular weight excluding hydrogens is 212 g/mol. The summed E-state index contributed by atoms with van der Waals surface area (Å²) in [5, 5.41) is 0. The first-order chi connectivity index (χ1) is 7.99. The highest BCUT2D eigenvalue weighted by Gasteiger charge is 2.60. The molecule has 0 spiro atoms. The van der Waals surface area contributed by atoms with E-state index in [4.69, 9.17) is 4.74 Å². The van der Waals surface area contributed by atoms with E-state index in [9.17, 15) is 4.79 Å². The summed E-state index contributed by atoms with van der Waals surface area (Å²) in [6.07, 6.45) is 2.01. The van der Waals surface area contributed by atoms with Crippen LogP contribution in [0.4, 0.5) is 0 Å². The van der Waals surface area contributed by atoms with Gasteiger partial charge in [0.15, 0.2) is 0 Å². The third-order valence-corrected chi connectivity index (χ3v) is 4.28. The third-order valence-electron chi connectivity index (χ3n) is 4.28. The molecule has 2 heteroatoms. The molecule has 17 heavy (non-hydrogen) atoms. The van der Waals surface area contributed by atoms with Crippen molar-refractivity contribution in [2.24, 2.45) is 11.3 Å². The van der Waals surface area contributed by atoms with E-state index < -0.39 is 0 Å². The first-order valence-corrected chi connectivity index (χ1v) is 6.13. The second kappa shape index (κ2) is 4.26. The van der Waals surface area contributed by atoms with E-state index in [1.165, 1.54) is 5.56 Å². The van der Waals surface area contributed by atoms with Crippen LogP contribution in [0.5, 0.6) is 0 Å². The molecule has 1 aromatic rings. The number of carbonyl (C=O) groups excluding carboxylic acids is 1. The number of aldehydes is 1. The van der Waals surface area contributed by atoms with Crippen LogP contribution in [-0.4, -0.2) is 11.9 Å². The van der Waals surface area contributed by atoms with Crippen LogP contribution in [0.2, 0.25) is 0 Å². The second-order valence-corrected chi connectivity index (χ2v) is 5.65. The Labute approximate surface area is 103 Å². The molecule has 2 rings (SSSR count). The summed E-state index contributed by atoms with van der Waals surface area (Å²) in [7, 11) is 0. The van der Waals surface area contributed by atoms with Gasteiger partial charge < -0.3 is 9.53 Å². The van der Waals surface area contributed by atoms with E-state index >= 15 is 0 Å². The fraction of sp³-hybridized carbons (Fsp3) is 0.533. The molecular formula is C15H20O2. The highest BCUT2D eigenvalue weighted by atomic mass is 16.5. The van der Waals surface area contributed by atoms with E-state index in [1.54, 1.807) is 0 Å². The van der Waals surface area contributed by atoms with Crippen LogP contribution in [0.25, 0.3) is 0 Å². The Morgan fingerprint density at radius 3 is 2.59 bits per heavy atom. The van der Waals surface area contributed by atoms with Crippen LogP contribution in [-0.2, 0) is 16.1 Å². The van der Waals surface area contributed by atoms with E-state index in [-0.39, 0.29) is 16.9 Å². The summed E-state index contributed by atoms with van der Waals surface area (Å²) < 4.78 is 6.02. The van der Waals surface area contributed by atoms with Gasteiger partial charge in [-0.15, -0.1) is 0 Å². The van der Waals surface area contributed by atoms with Crippen LogP contribution >= 0.6 is 0 Å². The summed E-state index contributed by atoms with van der Waals surface area (Å²) in [5.41, 5.74) is 0.922. The van der Waals surface area contributed by atoms with Crippen molar-refractivity contribution in [2.45, 2.75) is 39.4 Å². The lowest BCUT2D eigenvalue weighted by atomic mass is 9.87. The molecule has 2 atom stereocenters. The van der Waals surface area contributed by atoms with Gasteiger partial charge in [0.25, 0.3) is 0 Å². The minimum atomic E-state index is -0.256. The van der Waals surface area contributed by atoms with Crippen molar-refractivity contribution >= 4 is 6.29 Å². The molecule has 0 aromatic heterocycles. The Hall–Kier alpha value is -1.15. The molecule has 1 aromatic carbocycles. The summed E-state index contributed by atoms with van der Waals surface area (Å²) in [6, 6.07) is 10.1. The molecule has 0 heterocycles. The van der Waals surface area contributed by atoms with Crippen molar-refractivity contribution < 1.29 is 9.53 Å². The Morgan fingerprint density at radius 1 is 1.41 bits per heavy atom. The van der Waals surface area contributed by atoms with Gasteiger partial charge in [0.1, 0.15) is 6.29 Å². The number of benzene rings is 1. The van der Waals surface area contributed by atoms with E-state index in [1.807, 2.05) is 18.2 Å². The molecule has 0 unspecified atom stereocenters. The monoisotopic (exact) mass is 232 g/mol. The topological polar surface area (TPSA) is 26.3 Å². The number of hydrogen-bond donors (Lipinski definition) is 0. The first kappa shape index (κ1) is 12.3. The maximum Gasteiger partial charge on any atom is 0.123 e. The van der Waals surface area contributed by atoms with Gasteiger partial charge in [0.05, 0.1) is 12.2 Å². The van der Waals surface area contributed by atoms with Crippen LogP contribution in [0.1, 0.15) is 32.8 Å². The molecule has 1 saturated carbocycles. The zero-order valence-corrected chi connectivity index (χ0v) is 10.8. The van der Waals surface area contributed by atoms with Gasteiger partial charge in [-0.2, -0.15) is 0 Å². The van der Waals surface area contributed by atoms with Crippen molar-refractivity contribution in [3.8, 4) is 0 Å². The van der Waals surface area contributed by atoms with Crippen molar-refractivity contribution in [3.63, 3.8) is 0 Å². The quantitative estimate of drug-likeness (QED) is 0.729. The molecule has 1 aliphatic rings. The third kappa shape index (κ3) is 2.27. The normalized spacial score (nSPS) is 27.8. The van der Waals surface area contributed by atoms with Crippen molar-refractivity contribution in [1.82, 2.24) is 0 Å². The molecule has 0 amide bonds. The van der Waals surface area contributed by atoms with Crippen LogP contribution in [0.3, 0.4) is 0 Å². The van der Waals surface area contributed by atoms with Gasteiger partial charge in [0.2, 0.25) is 0 Å². The van der Waals surface area contributed by atoms with Gasteiger partial charge in [-0.25, -0.2) is 0 Å². The van der Waals surface area contributed by atoms with Gasteiger partial charge in [-0.1, -0.05) is 37.3 Å². The second-order valence-electron chi connectivity index (χ2n) is 5.65. The Kier molecular flexibility index (Phi) is 3.09. The van der Waals surface area contributed by atoms with Gasteiger partial charge in [-0.3, -0.25) is 0 Å². The maximum absolute atomic E-state index is 10.8. The Bertz CT molecular complexity index is 397. The summed E-state index contributed by atoms with van der Waals surface area (Å²) >= 11 is 0. The average molecular weight is 232 g/mol. The molecule has 0 radical (unpaired) electrons. The first-order valence-electron chi connectivity index (χ1n) is 6.13. The van der Waals surface area contributed by atoms with Crippen molar-refractivity contribution in [1.29, 1.82) is 0 Å². The zero-order chi connectivity index (χ0) is 12.5. The number of ether oxygens (including phenoxy) is 1. The highest BCUT2D eigenvalue weighted by Crippen LogP contribution is 2.59. The lowest BCUT2D eigenvalue weighted by molar-refractivity contribution is -0.114. The molecule has 1 aliphatic carbocycles. The van der Waals surface area contributed by atoms with Gasteiger partial charge in [-0.05, 0) is 25.8 Å². The zero-order valence-electron chi connectivity index (χ0n) is 10.8. The molecule has 0 N–H and O–H groups in total. The molecule has 92 valence electrons. The van der Waals surface area contributed by atoms with Crippen LogP contribution < -0.4 is 0 Å². The van der Waals surface area contributed by atoms with Crippen molar-refractivity contribution in [3.05, 3.63) is 35.9 Å². The highest BCUT2D eigenvalue weighted by molar-refractivity contribution is 5.60. The predicted octanol–water partition coefficient (Wildman–Crippen LogP) is 3.21. The van der Waals surface area contributed by atoms with Crippen LogP contribution in [0, 0.1) is 11.3 Å². The lowest BCUT2D eigenvalue weighted by Crippen LogP contribution is -2.35. The molecule has 0 bridgehead atoms. The van der Waals surface area contributed by atoms with Gasteiger partial charge in [0, 0.05) is 11.3 Å². The Balaban J connectivity index is 1.97. The standard InChI is InChI=1S/C15H20O2/c1-14(2,15(3)9-13(15)10-16)17-11-12-7-5-4-6-8-12/h4-8,10,13H,9,11H2,1-3H3/t13-,15+/m1/s1. The largest absolute Gasteiger partial charge is 0.370 e. The summed E-state index contributed by atoms with van der Waals surface area (Å²) in [5.74, 6) is 0.160. The van der Waals surface area contributed by atoms with E-state index in [0.717, 1.165) is 12.7 Å². The molecule has 2 nitrogen and oxygen atoms in total. The average Bonchev–Trinajstić information content (AvgIpc) is 3.02. The lowest BCUT2D eigenvalue weighted by Gasteiger charge is -2.33. The predicted molar refractivity (Wildman–Crippen MR) is 67.6 cm³/mol. The molecule has 0 aliphatic heterocycles. The minimum Gasteiger partial charge on any atom is -0.370 e. The van der Waals surface area contributed by atoms with E-state index in [2.05, 4.69) is 32.9 Å². The van der Waals surface area contributed by atoms with E-state index in [0.29, 0.717) is 6.61 Å². The Morgan fingerprint density at radius 2 is 2.06 bits per heavy atom. The number of hydrogen-bond acceptors (Lipinski definition) is 2. The summed E-state index contributed by atoms with van der Waals surface area (Å²) in [6.45, 7) is 6.91. The SMILES string of the molecule is CC(C)(OCc1ccccc1)[C@@]1(C)C[C@@H]1C=O. The molecule has 0 saturated heterocycles. The van der Waals surface area contributed by atoms with Crippen molar-refractivity contribution in [2.75, 3.05) is 0 Å². The number of rotatable bonds is 5. The smallest absolute Gasteiger partial charge is 0.123 e. The molecule has 1 fully saturated rings. The minimum absolute atomic E-state index is 0.00350.